The largest absolute Gasteiger partial charge is 0.485 e. The maximum atomic E-state index is 13.3. The van der Waals surface area contributed by atoms with Crippen LogP contribution in [0.3, 0.4) is 0 Å². The molecular weight excluding hydrogens is 330 g/mol. The molecule has 0 saturated carbocycles. The number of nitrogens with zero attached hydrogens (tertiary/aromatic N) is 1. The third kappa shape index (κ3) is 3.16. The third-order valence-electron chi connectivity index (χ3n) is 4.35. The molecule has 0 unspecified atom stereocenters. The predicted molar refractivity (Wildman–Crippen MR) is 97.4 cm³/mol. The van der Waals surface area contributed by atoms with Gasteiger partial charge in [-0.25, -0.2) is 0 Å². The topological polar surface area (TPSA) is 51.9 Å². The van der Waals surface area contributed by atoms with Crippen molar-refractivity contribution in [2.45, 2.75) is 19.6 Å². The lowest BCUT2D eigenvalue weighted by Crippen LogP contribution is -2.46. The Kier molecular flexibility index (Phi) is 4.35. The predicted octanol–water partition coefficient (Wildman–Crippen LogP) is 3.96. The van der Waals surface area contributed by atoms with E-state index in [0.717, 1.165) is 11.3 Å². The molecule has 1 atom stereocenters. The van der Waals surface area contributed by atoms with Crippen molar-refractivity contribution in [3.05, 3.63) is 78.3 Å². The fraction of sp³-hybridized carbons (Fsp3) is 0.190. The number of rotatable bonds is 4. The Labute approximate surface area is 151 Å². The summed E-state index contributed by atoms with van der Waals surface area (Å²) >= 11 is 0. The molecule has 0 radical (unpaired) electrons. The van der Waals surface area contributed by atoms with E-state index in [9.17, 15) is 4.79 Å². The van der Waals surface area contributed by atoms with Gasteiger partial charge >= 0.3 is 0 Å². The second kappa shape index (κ2) is 6.96. The van der Waals surface area contributed by atoms with Crippen LogP contribution < -0.4 is 14.4 Å². The highest BCUT2D eigenvalue weighted by atomic mass is 16.6. The summed E-state index contributed by atoms with van der Waals surface area (Å²) in [4.78, 5) is 15.0. The quantitative estimate of drug-likeness (QED) is 0.715. The van der Waals surface area contributed by atoms with E-state index < -0.39 is 6.10 Å². The molecule has 0 N–H and O–H groups in total. The third-order valence-corrected chi connectivity index (χ3v) is 4.35. The lowest BCUT2D eigenvalue weighted by Gasteiger charge is -2.31. The van der Waals surface area contributed by atoms with Gasteiger partial charge in [0.2, 0.25) is 6.10 Å². The van der Waals surface area contributed by atoms with Crippen LogP contribution in [-0.4, -0.2) is 18.6 Å². The number of ether oxygens (including phenoxy) is 2. The number of fused-ring (bicyclic) bond motifs is 1. The van der Waals surface area contributed by atoms with Crippen LogP contribution in [0.1, 0.15) is 11.3 Å². The van der Waals surface area contributed by atoms with Crippen LogP contribution >= 0.6 is 0 Å². The van der Waals surface area contributed by atoms with E-state index in [4.69, 9.17) is 13.9 Å². The van der Waals surface area contributed by atoms with Gasteiger partial charge in [0.05, 0.1) is 12.8 Å². The first-order chi connectivity index (χ1) is 12.7. The fourth-order valence-corrected chi connectivity index (χ4v) is 3.02. The van der Waals surface area contributed by atoms with Crippen molar-refractivity contribution in [1.82, 2.24) is 0 Å². The number of hydrogen-bond donors (Lipinski definition) is 0. The minimum Gasteiger partial charge on any atom is -0.485 e. The summed E-state index contributed by atoms with van der Waals surface area (Å²) in [6, 6.07) is 18.8. The number of carbonyl (C=O) groups excluding carboxylic acids is 1. The number of para-hydroxylation sites is 3. The minimum absolute atomic E-state index is 0.162. The van der Waals surface area contributed by atoms with Crippen LogP contribution in [0.15, 0.2) is 71.3 Å². The first-order valence-corrected chi connectivity index (χ1v) is 8.50. The average Bonchev–Trinajstić information content (AvgIpc) is 3.19. The minimum atomic E-state index is -0.709. The molecule has 3 aromatic rings. The van der Waals surface area contributed by atoms with Crippen molar-refractivity contribution in [1.29, 1.82) is 0 Å². The summed E-state index contributed by atoms with van der Waals surface area (Å²) < 4.78 is 17.1. The summed E-state index contributed by atoms with van der Waals surface area (Å²) in [7, 11) is 0. The molecule has 1 aromatic heterocycles. The number of benzene rings is 2. The van der Waals surface area contributed by atoms with E-state index >= 15 is 0 Å². The fourth-order valence-electron chi connectivity index (χ4n) is 3.02. The first kappa shape index (κ1) is 16.3. The Hall–Kier alpha value is -3.21. The molecule has 2 aromatic carbocycles. The number of carbonyl (C=O) groups is 1. The number of amides is 1. The average molecular weight is 349 g/mol. The number of aryl methyl sites for hydroxylation is 1. The van der Waals surface area contributed by atoms with Gasteiger partial charge in [0.1, 0.15) is 12.4 Å². The van der Waals surface area contributed by atoms with Crippen molar-refractivity contribution in [3.63, 3.8) is 0 Å². The smallest absolute Gasteiger partial charge is 0.272 e. The van der Waals surface area contributed by atoms with Crippen molar-refractivity contribution in [2.24, 2.45) is 0 Å². The molecule has 0 bridgehead atoms. The zero-order chi connectivity index (χ0) is 17.9. The molecule has 26 heavy (non-hydrogen) atoms. The van der Waals surface area contributed by atoms with Gasteiger partial charge in [-0.05, 0) is 42.8 Å². The van der Waals surface area contributed by atoms with Gasteiger partial charge in [-0.2, -0.15) is 0 Å². The molecule has 5 heteroatoms. The van der Waals surface area contributed by atoms with Crippen molar-refractivity contribution < 1.29 is 18.7 Å². The maximum absolute atomic E-state index is 13.3. The van der Waals surface area contributed by atoms with Crippen molar-refractivity contribution >= 4 is 11.6 Å². The lowest BCUT2D eigenvalue weighted by molar-refractivity contribution is -0.127. The lowest BCUT2D eigenvalue weighted by atomic mass is 10.1. The molecule has 1 aliphatic heterocycles. The zero-order valence-electron chi connectivity index (χ0n) is 14.4. The standard InChI is InChI=1S/C21H19NO4/c1-15-7-2-3-9-17(15)22(13-16-8-6-12-24-16)21(23)20-14-25-18-10-4-5-11-19(18)26-20/h2-12,20H,13-14H2,1H3/t20-/m0/s1. The molecule has 1 aliphatic rings. The molecule has 132 valence electrons. The van der Waals surface area contributed by atoms with E-state index in [-0.39, 0.29) is 12.5 Å². The molecule has 0 saturated heterocycles. The molecule has 1 amide bonds. The molecule has 5 nitrogen and oxygen atoms in total. The number of hydrogen-bond acceptors (Lipinski definition) is 4. The van der Waals surface area contributed by atoms with Gasteiger partial charge in [0.25, 0.3) is 5.91 Å². The molecule has 2 heterocycles. The van der Waals surface area contributed by atoms with Gasteiger partial charge in [0, 0.05) is 5.69 Å². The Bertz CT molecular complexity index is 904. The Morgan fingerprint density at radius 3 is 2.58 bits per heavy atom. The normalized spacial score (nSPS) is 15.5. The van der Waals surface area contributed by atoms with Gasteiger partial charge in [-0.3, -0.25) is 4.79 Å². The van der Waals surface area contributed by atoms with Crippen molar-refractivity contribution in [2.75, 3.05) is 11.5 Å². The molecule has 0 fully saturated rings. The van der Waals surface area contributed by atoms with E-state index in [1.807, 2.05) is 61.5 Å². The second-order valence-electron chi connectivity index (χ2n) is 6.15. The van der Waals surface area contributed by atoms with E-state index in [0.29, 0.717) is 23.8 Å². The van der Waals surface area contributed by atoms with Crippen LogP contribution in [0.5, 0.6) is 11.5 Å². The SMILES string of the molecule is Cc1ccccc1N(Cc1ccco1)C(=O)[C@@H]1COc2ccccc2O1. The maximum Gasteiger partial charge on any atom is 0.272 e. The molecule has 0 aliphatic carbocycles. The summed E-state index contributed by atoms with van der Waals surface area (Å²) in [5.74, 6) is 1.79. The number of furan rings is 1. The number of anilines is 1. The summed E-state index contributed by atoms with van der Waals surface area (Å²) in [5.41, 5.74) is 1.83. The summed E-state index contributed by atoms with van der Waals surface area (Å²) in [6.07, 6.45) is 0.895. The van der Waals surface area contributed by atoms with E-state index in [1.165, 1.54) is 0 Å². The first-order valence-electron chi connectivity index (χ1n) is 8.50. The van der Waals surface area contributed by atoms with Gasteiger partial charge < -0.3 is 18.8 Å². The molecular formula is C21H19NO4. The van der Waals surface area contributed by atoms with E-state index in [1.54, 1.807) is 17.2 Å². The van der Waals surface area contributed by atoms with Crippen LogP contribution in [0.4, 0.5) is 5.69 Å². The molecule has 4 rings (SSSR count). The highest BCUT2D eigenvalue weighted by molar-refractivity contribution is 5.97. The van der Waals surface area contributed by atoms with Crippen LogP contribution in [0, 0.1) is 6.92 Å². The zero-order valence-corrected chi connectivity index (χ0v) is 14.4. The van der Waals surface area contributed by atoms with Crippen LogP contribution in [0.2, 0.25) is 0 Å². The second-order valence-corrected chi connectivity index (χ2v) is 6.15. The summed E-state index contributed by atoms with van der Waals surface area (Å²) in [5, 5.41) is 0. The summed E-state index contributed by atoms with van der Waals surface area (Å²) in [6.45, 7) is 2.49. The van der Waals surface area contributed by atoms with Gasteiger partial charge in [-0.15, -0.1) is 0 Å². The Morgan fingerprint density at radius 1 is 1.04 bits per heavy atom. The monoisotopic (exact) mass is 349 g/mol. The van der Waals surface area contributed by atoms with Crippen LogP contribution in [0.25, 0.3) is 0 Å². The van der Waals surface area contributed by atoms with Crippen molar-refractivity contribution in [3.8, 4) is 11.5 Å². The molecule has 0 spiro atoms. The highest BCUT2D eigenvalue weighted by Gasteiger charge is 2.32. The van der Waals surface area contributed by atoms with E-state index in [2.05, 4.69) is 0 Å². The van der Waals surface area contributed by atoms with Gasteiger partial charge in [0.15, 0.2) is 11.5 Å². The Morgan fingerprint density at radius 2 is 1.81 bits per heavy atom. The van der Waals surface area contributed by atoms with Crippen LogP contribution in [-0.2, 0) is 11.3 Å². The highest BCUT2D eigenvalue weighted by Crippen LogP contribution is 2.32. The Balaban J connectivity index is 1.63. The van der Waals surface area contributed by atoms with Gasteiger partial charge in [-0.1, -0.05) is 30.3 Å².